The maximum absolute atomic E-state index is 11.1. The SMILES string of the molecule is NS(=O)(=O)c1ccc(NC(=S)N[C@@H](CC(=O)O)C(=O)O)cc1. The molecule has 1 aromatic rings. The Hall–Kier alpha value is -2.24. The Morgan fingerprint density at radius 2 is 1.77 bits per heavy atom. The Kier molecular flexibility index (Phi) is 5.79. The van der Waals surface area contributed by atoms with Crippen LogP contribution < -0.4 is 15.8 Å². The lowest BCUT2D eigenvalue weighted by Crippen LogP contribution is -2.44. The van der Waals surface area contributed by atoms with Crippen LogP contribution in [0.4, 0.5) is 5.69 Å². The molecule has 22 heavy (non-hydrogen) atoms. The normalized spacial score (nSPS) is 12.2. The summed E-state index contributed by atoms with van der Waals surface area (Å²) in [7, 11) is -3.81. The highest BCUT2D eigenvalue weighted by atomic mass is 32.2. The molecule has 0 unspecified atom stereocenters. The predicted octanol–water partition coefficient (Wildman–Crippen LogP) is -0.452. The number of sulfonamides is 1. The summed E-state index contributed by atoms with van der Waals surface area (Å²) < 4.78 is 22.2. The monoisotopic (exact) mass is 347 g/mol. The van der Waals surface area contributed by atoms with E-state index in [0.717, 1.165) is 0 Å². The summed E-state index contributed by atoms with van der Waals surface area (Å²) in [5.74, 6) is -2.66. The second-order valence-corrected chi connectivity index (χ2v) is 6.13. The number of nitrogens with one attached hydrogen (secondary N) is 2. The average Bonchev–Trinajstić information content (AvgIpc) is 2.36. The number of anilines is 1. The van der Waals surface area contributed by atoms with Crippen molar-refractivity contribution in [3.63, 3.8) is 0 Å². The number of carboxylic acid groups (broad SMARTS) is 2. The number of benzene rings is 1. The quantitative estimate of drug-likeness (QED) is 0.429. The number of rotatable bonds is 6. The van der Waals surface area contributed by atoms with Crippen molar-refractivity contribution >= 4 is 45.0 Å². The number of thiocarbonyl (C=S) groups is 1. The molecule has 0 heterocycles. The first-order valence-corrected chi connectivity index (χ1v) is 7.70. The Labute approximate surface area is 131 Å². The number of hydrogen-bond acceptors (Lipinski definition) is 5. The van der Waals surface area contributed by atoms with E-state index in [1.54, 1.807) is 0 Å². The highest BCUT2D eigenvalue weighted by molar-refractivity contribution is 7.89. The largest absolute Gasteiger partial charge is 0.481 e. The van der Waals surface area contributed by atoms with Crippen LogP contribution in [0.3, 0.4) is 0 Å². The van der Waals surface area contributed by atoms with Crippen LogP contribution >= 0.6 is 12.2 Å². The lowest BCUT2D eigenvalue weighted by Gasteiger charge is -2.15. The summed E-state index contributed by atoms with van der Waals surface area (Å²) in [6, 6.07) is 3.85. The van der Waals surface area contributed by atoms with Crippen molar-refractivity contribution in [1.82, 2.24) is 5.32 Å². The molecule has 0 aliphatic carbocycles. The van der Waals surface area contributed by atoms with Gasteiger partial charge in [0.1, 0.15) is 6.04 Å². The van der Waals surface area contributed by atoms with Gasteiger partial charge in [-0.25, -0.2) is 18.4 Å². The van der Waals surface area contributed by atoms with Crippen LogP contribution in [0.15, 0.2) is 29.2 Å². The fraction of sp³-hybridized carbons (Fsp3) is 0.182. The molecule has 0 aromatic heterocycles. The maximum atomic E-state index is 11.1. The number of hydrogen-bond donors (Lipinski definition) is 5. The standard InChI is InChI=1S/C11H13N3O6S2/c12-22(19,20)7-3-1-6(2-4-7)13-11(21)14-8(10(17)18)5-9(15)16/h1-4,8H,5H2,(H,15,16)(H,17,18)(H2,12,19,20)(H2,13,14,21)/t8-/m0/s1. The molecule has 1 aromatic carbocycles. The van der Waals surface area contributed by atoms with E-state index in [2.05, 4.69) is 10.6 Å². The minimum Gasteiger partial charge on any atom is -0.481 e. The van der Waals surface area contributed by atoms with E-state index < -0.39 is 34.4 Å². The van der Waals surface area contributed by atoms with Gasteiger partial charge in [-0.3, -0.25) is 4.79 Å². The van der Waals surface area contributed by atoms with E-state index >= 15 is 0 Å². The molecular weight excluding hydrogens is 334 g/mol. The van der Waals surface area contributed by atoms with Gasteiger partial charge in [0.25, 0.3) is 0 Å². The topological polar surface area (TPSA) is 159 Å². The minimum atomic E-state index is -3.81. The summed E-state index contributed by atoms with van der Waals surface area (Å²) in [6.07, 6.45) is -0.651. The predicted molar refractivity (Wildman–Crippen MR) is 80.8 cm³/mol. The van der Waals surface area contributed by atoms with Crippen LogP contribution in [0.5, 0.6) is 0 Å². The summed E-state index contributed by atoms with van der Waals surface area (Å²) in [4.78, 5) is 21.3. The molecular formula is C11H13N3O6S2. The summed E-state index contributed by atoms with van der Waals surface area (Å²) >= 11 is 4.87. The minimum absolute atomic E-state index is 0.0915. The smallest absolute Gasteiger partial charge is 0.326 e. The van der Waals surface area contributed by atoms with Gasteiger partial charge in [0.2, 0.25) is 10.0 Å². The van der Waals surface area contributed by atoms with Crippen LogP contribution in [0.2, 0.25) is 0 Å². The Morgan fingerprint density at radius 1 is 1.23 bits per heavy atom. The maximum Gasteiger partial charge on any atom is 0.326 e. The third-order valence-corrected chi connectivity index (χ3v) is 3.57. The van der Waals surface area contributed by atoms with E-state index in [9.17, 15) is 18.0 Å². The number of aliphatic carboxylic acids is 2. The Balaban J connectivity index is 2.72. The van der Waals surface area contributed by atoms with Crippen LogP contribution in [-0.2, 0) is 19.6 Å². The van der Waals surface area contributed by atoms with Crippen molar-refractivity contribution in [2.75, 3.05) is 5.32 Å². The molecule has 0 bridgehead atoms. The number of nitrogens with two attached hydrogens (primary N) is 1. The van der Waals surface area contributed by atoms with Gasteiger partial charge in [0.05, 0.1) is 11.3 Å². The molecule has 9 nitrogen and oxygen atoms in total. The van der Waals surface area contributed by atoms with Crippen LogP contribution in [-0.4, -0.2) is 41.7 Å². The molecule has 0 radical (unpaired) electrons. The second kappa shape index (κ2) is 7.15. The molecule has 0 saturated heterocycles. The molecule has 1 atom stereocenters. The van der Waals surface area contributed by atoms with Gasteiger partial charge in [0.15, 0.2) is 5.11 Å². The lowest BCUT2D eigenvalue weighted by molar-refractivity contribution is -0.145. The van der Waals surface area contributed by atoms with E-state index in [0.29, 0.717) is 5.69 Å². The van der Waals surface area contributed by atoms with E-state index in [4.69, 9.17) is 27.6 Å². The molecule has 0 fully saturated rings. The van der Waals surface area contributed by atoms with Crippen LogP contribution in [0.1, 0.15) is 6.42 Å². The van der Waals surface area contributed by atoms with Gasteiger partial charge in [-0.05, 0) is 36.5 Å². The van der Waals surface area contributed by atoms with Gasteiger partial charge >= 0.3 is 11.9 Å². The average molecular weight is 347 g/mol. The highest BCUT2D eigenvalue weighted by Gasteiger charge is 2.21. The zero-order chi connectivity index (χ0) is 16.9. The van der Waals surface area contributed by atoms with Crippen molar-refractivity contribution < 1.29 is 28.2 Å². The second-order valence-electron chi connectivity index (χ2n) is 4.16. The molecule has 6 N–H and O–H groups in total. The van der Waals surface area contributed by atoms with Crippen LogP contribution in [0, 0.1) is 0 Å². The lowest BCUT2D eigenvalue weighted by atomic mass is 10.2. The molecule has 0 aliphatic rings. The third kappa shape index (κ3) is 5.63. The molecule has 11 heteroatoms. The zero-order valence-corrected chi connectivity index (χ0v) is 12.6. The van der Waals surface area contributed by atoms with Gasteiger partial charge in [-0.1, -0.05) is 0 Å². The number of carbonyl (C=O) groups is 2. The first kappa shape index (κ1) is 17.8. The summed E-state index contributed by atoms with van der Waals surface area (Å²) in [6.45, 7) is 0. The molecule has 120 valence electrons. The molecule has 1 rings (SSSR count). The van der Waals surface area contributed by atoms with Crippen molar-refractivity contribution in [2.24, 2.45) is 5.14 Å². The van der Waals surface area contributed by atoms with Crippen molar-refractivity contribution in [1.29, 1.82) is 0 Å². The zero-order valence-electron chi connectivity index (χ0n) is 11.0. The van der Waals surface area contributed by atoms with E-state index in [1.807, 2.05) is 0 Å². The van der Waals surface area contributed by atoms with E-state index in [-0.39, 0.29) is 10.0 Å². The van der Waals surface area contributed by atoms with E-state index in [1.165, 1.54) is 24.3 Å². The molecule has 0 amide bonds. The molecule has 0 aliphatic heterocycles. The molecule has 0 saturated carbocycles. The summed E-state index contributed by atoms with van der Waals surface area (Å²) in [5, 5.41) is 27.3. The first-order valence-electron chi connectivity index (χ1n) is 5.74. The third-order valence-electron chi connectivity index (χ3n) is 2.42. The Bertz CT molecular complexity index is 686. The van der Waals surface area contributed by atoms with Gasteiger partial charge in [0, 0.05) is 5.69 Å². The van der Waals surface area contributed by atoms with Gasteiger partial charge < -0.3 is 20.8 Å². The number of primary sulfonamides is 1. The Morgan fingerprint density at radius 3 is 2.18 bits per heavy atom. The summed E-state index contributed by atoms with van der Waals surface area (Å²) in [5.41, 5.74) is 0.379. The van der Waals surface area contributed by atoms with Crippen molar-refractivity contribution in [2.45, 2.75) is 17.4 Å². The van der Waals surface area contributed by atoms with Gasteiger partial charge in [-0.15, -0.1) is 0 Å². The number of carboxylic acids is 2. The first-order chi connectivity index (χ1) is 10.1. The molecule has 0 spiro atoms. The van der Waals surface area contributed by atoms with Crippen molar-refractivity contribution in [3.05, 3.63) is 24.3 Å². The van der Waals surface area contributed by atoms with Crippen LogP contribution in [0.25, 0.3) is 0 Å². The van der Waals surface area contributed by atoms with Crippen molar-refractivity contribution in [3.8, 4) is 0 Å². The van der Waals surface area contributed by atoms with Gasteiger partial charge in [-0.2, -0.15) is 0 Å². The fourth-order valence-corrected chi connectivity index (χ4v) is 2.20. The highest BCUT2D eigenvalue weighted by Crippen LogP contribution is 2.12. The fourth-order valence-electron chi connectivity index (χ4n) is 1.43.